The summed E-state index contributed by atoms with van der Waals surface area (Å²) < 4.78 is 30.0. The van der Waals surface area contributed by atoms with E-state index in [9.17, 15) is 4.39 Å². The van der Waals surface area contributed by atoms with Gasteiger partial charge in [0.1, 0.15) is 5.82 Å². The molecule has 0 aliphatic carbocycles. The van der Waals surface area contributed by atoms with Crippen LogP contribution in [0.2, 0.25) is 0 Å². The quantitative estimate of drug-likeness (QED) is 0.785. The number of rotatable bonds is 6. The van der Waals surface area contributed by atoms with Crippen molar-refractivity contribution in [2.24, 2.45) is 0 Å². The molecule has 1 fully saturated rings. The number of methoxy groups -OCH3 is 3. The Morgan fingerprint density at radius 2 is 1.84 bits per heavy atom. The van der Waals surface area contributed by atoms with Crippen LogP contribution < -0.4 is 14.2 Å². The van der Waals surface area contributed by atoms with Gasteiger partial charge in [0.15, 0.2) is 11.5 Å². The van der Waals surface area contributed by atoms with Gasteiger partial charge in [-0.3, -0.25) is 4.90 Å². The molecule has 0 bridgehead atoms. The summed E-state index contributed by atoms with van der Waals surface area (Å²) in [5, 5.41) is 0. The number of halogens is 1. The van der Waals surface area contributed by atoms with Gasteiger partial charge in [0.2, 0.25) is 5.75 Å². The first-order chi connectivity index (χ1) is 12.2. The summed E-state index contributed by atoms with van der Waals surface area (Å²) in [6.07, 6.45) is 2.12. The number of benzene rings is 2. The molecule has 0 radical (unpaired) electrons. The summed E-state index contributed by atoms with van der Waals surface area (Å²) in [7, 11) is 4.85. The fraction of sp³-hybridized carbons (Fsp3) is 0.400. The zero-order chi connectivity index (χ0) is 17.8. The van der Waals surface area contributed by atoms with Crippen LogP contribution in [0.25, 0.3) is 0 Å². The largest absolute Gasteiger partial charge is 0.493 e. The minimum atomic E-state index is -0.187. The molecule has 1 saturated heterocycles. The first-order valence-electron chi connectivity index (χ1n) is 8.45. The van der Waals surface area contributed by atoms with E-state index in [1.807, 2.05) is 18.2 Å². The fourth-order valence-electron chi connectivity index (χ4n) is 3.61. The van der Waals surface area contributed by atoms with E-state index in [4.69, 9.17) is 14.2 Å². The fourth-order valence-corrected chi connectivity index (χ4v) is 3.61. The summed E-state index contributed by atoms with van der Waals surface area (Å²) in [5.41, 5.74) is 2.06. The Kier molecular flexibility index (Phi) is 5.43. The number of nitrogens with zero attached hydrogens (tertiary/aromatic N) is 1. The maximum atomic E-state index is 13.6. The SMILES string of the molecule is COc1ccc(CN2CCC[C@H]2c2cccc(F)c2)c(OC)c1OC. The summed E-state index contributed by atoms with van der Waals surface area (Å²) in [4.78, 5) is 2.36. The molecule has 5 heteroatoms. The van der Waals surface area contributed by atoms with Gasteiger partial charge in [-0.05, 0) is 43.1 Å². The first kappa shape index (κ1) is 17.5. The lowest BCUT2D eigenvalue weighted by Gasteiger charge is -2.26. The molecule has 1 atom stereocenters. The third-order valence-corrected chi connectivity index (χ3v) is 4.76. The van der Waals surface area contributed by atoms with Crippen LogP contribution in [0.15, 0.2) is 36.4 Å². The minimum absolute atomic E-state index is 0.187. The standard InChI is InChI=1S/C20H24FNO3/c1-23-18-10-9-15(19(24-2)20(18)25-3)13-22-11-5-8-17(22)14-6-4-7-16(21)12-14/h4,6-7,9-10,12,17H,5,8,11,13H2,1-3H3/t17-/m0/s1. The van der Waals surface area contributed by atoms with E-state index in [-0.39, 0.29) is 11.9 Å². The molecule has 0 saturated carbocycles. The van der Waals surface area contributed by atoms with E-state index in [0.29, 0.717) is 23.8 Å². The van der Waals surface area contributed by atoms with Crippen molar-refractivity contribution in [2.45, 2.75) is 25.4 Å². The van der Waals surface area contributed by atoms with Crippen molar-refractivity contribution in [1.29, 1.82) is 0 Å². The van der Waals surface area contributed by atoms with E-state index in [2.05, 4.69) is 4.90 Å². The second kappa shape index (κ2) is 7.74. The predicted octanol–water partition coefficient (Wildman–Crippen LogP) is 4.19. The number of hydrogen-bond acceptors (Lipinski definition) is 4. The minimum Gasteiger partial charge on any atom is -0.493 e. The lowest BCUT2D eigenvalue weighted by molar-refractivity contribution is 0.241. The summed E-state index contributed by atoms with van der Waals surface area (Å²) in [6.45, 7) is 1.68. The highest BCUT2D eigenvalue weighted by Crippen LogP contribution is 2.42. The molecule has 0 aromatic heterocycles. The molecular weight excluding hydrogens is 321 g/mol. The van der Waals surface area contributed by atoms with Gasteiger partial charge >= 0.3 is 0 Å². The highest BCUT2D eigenvalue weighted by molar-refractivity contribution is 5.55. The topological polar surface area (TPSA) is 30.9 Å². The number of ether oxygens (including phenoxy) is 3. The van der Waals surface area contributed by atoms with Crippen molar-refractivity contribution < 1.29 is 18.6 Å². The molecule has 1 aliphatic heterocycles. The monoisotopic (exact) mass is 345 g/mol. The van der Waals surface area contributed by atoms with Crippen molar-refractivity contribution in [1.82, 2.24) is 4.90 Å². The zero-order valence-electron chi connectivity index (χ0n) is 14.9. The number of likely N-dealkylation sites (tertiary alicyclic amines) is 1. The second-order valence-electron chi connectivity index (χ2n) is 6.18. The van der Waals surface area contributed by atoms with Crippen molar-refractivity contribution in [3.8, 4) is 17.2 Å². The van der Waals surface area contributed by atoms with Crippen LogP contribution in [0.4, 0.5) is 4.39 Å². The van der Waals surface area contributed by atoms with Crippen LogP contribution in [0.3, 0.4) is 0 Å². The van der Waals surface area contributed by atoms with Gasteiger partial charge < -0.3 is 14.2 Å². The van der Waals surface area contributed by atoms with E-state index in [0.717, 1.165) is 30.5 Å². The van der Waals surface area contributed by atoms with Gasteiger partial charge in [-0.2, -0.15) is 0 Å². The number of hydrogen-bond donors (Lipinski definition) is 0. The van der Waals surface area contributed by atoms with Gasteiger partial charge in [0.05, 0.1) is 21.3 Å². The van der Waals surface area contributed by atoms with Crippen molar-refractivity contribution in [2.75, 3.05) is 27.9 Å². The third-order valence-electron chi connectivity index (χ3n) is 4.76. The summed E-state index contributed by atoms with van der Waals surface area (Å²) in [6, 6.07) is 11.0. The Morgan fingerprint density at radius 3 is 2.52 bits per heavy atom. The Labute approximate surface area is 148 Å². The average molecular weight is 345 g/mol. The molecule has 0 amide bonds. The third kappa shape index (κ3) is 3.56. The second-order valence-corrected chi connectivity index (χ2v) is 6.18. The molecular formula is C20H24FNO3. The summed E-state index contributed by atoms with van der Waals surface area (Å²) in [5.74, 6) is 1.75. The van der Waals surface area contributed by atoms with E-state index >= 15 is 0 Å². The van der Waals surface area contributed by atoms with Gasteiger partial charge in [-0.25, -0.2) is 4.39 Å². The van der Waals surface area contributed by atoms with Crippen LogP contribution in [0.5, 0.6) is 17.2 Å². The summed E-state index contributed by atoms with van der Waals surface area (Å²) >= 11 is 0. The Morgan fingerprint density at radius 1 is 1.04 bits per heavy atom. The van der Waals surface area contributed by atoms with Crippen LogP contribution in [-0.2, 0) is 6.54 Å². The van der Waals surface area contributed by atoms with Gasteiger partial charge in [-0.15, -0.1) is 0 Å². The molecule has 2 aromatic rings. The lowest BCUT2D eigenvalue weighted by Crippen LogP contribution is -2.23. The highest BCUT2D eigenvalue weighted by Gasteiger charge is 2.28. The molecule has 2 aromatic carbocycles. The van der Waals surface area contributed by atoms with Crippen LogP contribution in [0.1, 0.15) is 30.0 Å². The van der Waals surface area contributed by atoms with Crippen molar-refractivity contribution in [3.63, 3.8) is 0 Å². The lowest BCUT2D eigenvalue weighted by atomic mass is 10.0. The van der Waals surface area contributed by atoms with Gasteiger partial charge in [-0.1, -0.05) is 18.2 Å². The maximum Gasteiger partial charge on any atom is 0.203 e. The molecule has 4 nitrogen and oxygen atoms in total. The van der Waals surface area contributed by atoms with Crippen LogP contribution >= 0.6 is 0 Å². The Hall–Kier alpha value is -2.27. The van der Waals surface area contributed by atoms with Gasteiger partial charge in [0.25, 0.3) is 0 Å². The molecule has 134 valence electrons. The Bertz CT molecular complexity index is 735. The maximum absolute atomic E-state index is 13.6. The first-order valence-corrected chi connectivity index (χ1v) is 8.45. The molecule has 1 aliphatic rings. The van der Waals surface area contributed by atoms with E-state index < -0.39 is 0 Å². The predicted molar refractivity (Wildman–Crippen MR) is 94.9 cm³/mol. The average Bonchev–Trinajstić information content (AvgIpc) is 3.09. The Balaban J connectivity index is 1.88. The van der Waals surface area contributed by atoms with Crippen LogP contribution in [-0.4, -0.2) is 32.8 Å². The molecule has 0 N–H and O–H groups in total. The zero-order valence-corrected chi connectivity index (χ0v) is 14.9. The molecule has 0 unspecified atom stereocenters. The smallest absolute Gasteiger partial charge is 0.203 e. The van der Waals surface area contributed by atoms with Crippen molar-refractivity contribution >= 4 is 0 Å². The van der Waals surface area contributed by atoms with Crippen molar-refractivity contribution in [3.05, 3.63) is 53.3 Å². The highest BCUT2D eigenvalue weighted by atomic mass is 19.1. The normalized spacial score (nSPS) is 17.5. The molecule has 1 heterocycles. The van der Waals surface area contributed by atoms with Gasteiger partial charge in [0, 0.05) is 18.2 Å². The molecule has 0 spiro atoms. The van der Waals surface area contributed by atoms with E-state index in [1.165, 1.54) is 6.07 Å². The van der Waals surface area contributed by atoms with Crippen LogP contribution in [0, 0.1) is 5.82 Å². The molecule has 25 heavy (non-hydrogen) atoms. The molecule has 3 rings (SSSR count). The van der Waals surface area contributed by atoms with E-state index in [1.54, 1.807) is 33.5 Å².